The fourth-order valence-electron chi connectivity index (χ4n) is 4.15. The lowest BCUT2D eigenvalue weighted by atomic mass is 10.1. The summed E-state index contributed by atoms with van der Waals surface area (Å²) in [7, 11) is 3.08. The fourth-order valence-corrected chi connectivity index (χ4v) is 4.82. The molecule has 2 heterocycles. The first kappa shape index (κ1) is 29.2. The van der Waals surface area contributed by atoms with Crippen LogP contribution < -0.4 is 30.3 Å². The van der Waals surface area contributed by atoms with Crippen molar-refractivity contribution in [3.63, 3.8) is 0 Å². The molecule has 0 bridgehead atoms. The van der Waals surface area contributed by atoms with Crippen molar-refractivity contribution in [1.29, 1.82) is 0 Å². The molecule has 1 aromatic rings. The Morgan fingerprint density at radius 1 is 1.16 bits per heavy atom. The molecule has 0 aromatic heterocycles. The Morgan fingerprint density at radius 2 is 1.87 bits per heavy atom. The van der Waals surface area contributed by atoms with Gasteiger partial charge in [-0.15, -0.1) is 0 Å². The van der Waals surface area contributed by atoms with Crippen LogP contribution in [-0.2, 0) is 14.3 Å². The van der Waals surface area contributed by atoms with Crippen LogP contribution in [0.1, 0.15) is 52.0 Å². The lowest BCUT2D eigenvalue weighted by Gasteiger charge is -2.23. The van der Waals surface area contributed by atoms with Crippen molar-refractivity contribution in [3.05, 3.63) is 22.6 Å². The lowest BCUT2D eigenvalue weighted by molar-refractivity contribution is -0.121. The van der Waals surface area contributed by atoms with E-state index in [-0.39, 0.29) is 11.9 Å². The van der Waals surface area contributed by atoms with Crippen LogP contribution >= 0.6 is 11.8 Å². The third-order valence-electron chi connectivity index (χ3n) is 5.85. The third kappa shape index (κ3) is 8.30. The van der Waals surface area contributed by atoms with E-state index in [4.69, 9.17) is 14.2 Å². The Kier molecular flexibility index (Phi) is 9.90. The van der Waals surface area contributed by atoms with Gasteiger partial charge in [-0.1, -0.05) is 0 Å². The minimum absolute atomic E-state index is 0.0401. The van der Waals surface area contributed by atoms with E-state index in [1.807, 2.05) is 6.07 Å². The number of anilines is 1. The monoisotopic (exact) mass is 548 g/mol. The van der Waals surface area contributed by atoms with E-state index in [0.717, 1.165) is 23.9 Å². The van der Waals surface area contributed by atoms with Gasteiger partial charge in [-0.05, 0) is 63.9 Å². The number of thioether (sulfide) groups is 1. The fraction of sp³-hybridized carbons (Fsp3) is 0.538. The van der Waals surface area contributed by atoms with Crippen LogP contribution in [0.4, 0.5) is 15.3 Å². The Morgan fingerprint density at radius 3 is 2.50 bits per heavy atom. The first-order chi connectivity index (χ1) is 18.0. The lowest BCUT2D eigenvalue weighted by Crippen LogP contribution is -2.37. The minimum atomic E-state index is -0.545. The van der Waals surface area contributed by atoms with Gasteiger partial charge in [-0.2, -0.15) is 0 Å². The molecule has 0 unspecified atom stereocenters. The molecule has 208 valence electrons. The third-order valence-corrected chi connectivity index (χ3v) is 6.66. The van der Waals surface area contributed by atoms with Gasteiger partial charge in [0.25, 0.3) is 11.1 Å². The zero-order valence-corrected chi connectivity index (χ0v) is 23.3. The van der Waals surface area contributed by atoms with Gasteiger partial charge >= 0.3 is 6.09 Å². The summed E-state index contributed by atoms with van der Waals surface area (Å²) in [6.45, 7) is 7.13. The van der Waals surface area contributed by atoms with Crippen molar-refractivity contribution in [1.82, 2.24) is 16.0 Å². The average Bonchev–Trinajstić information content (AvgIpc) is 3.42. The normalized spacial score (nSPS) is 18.4. The summed E-state index contributed by atoms with van der Waals surface area (Å²) < 4.78 is 16.1. The van der Waals surface area contributed by atoms with Gasteiger partial charge in [-0.25, -0.2) is 4.79 Å². The van der Waals surface area contributed by atoms with Gasteiger partial charge in [0.1, 0.15) is 5.60 Å². The summed E-state index contributed by atoms with van der Waals surface area (Å²) in [5, 5.41) is 7.64. The number of nitrogens with one attached hydrogen (secondary N) is 3. The van der Waals surface area contributed by atoms with Gasteiger partial charge in [0.2, 0.25) is 5.91 Å². The van der Waals surface area contributed by atoms with Crippen LogP contribution in [0.2, 0.25) is 0 Å². The highest BCUT2D eigenvalue weighted by Gasteiger charge is 2.29. The number of amides is 4. The summed E-state index contributed by atoms with van der Waals surface area (Å²) in [5.74, 6) is 0.565. The molecule has 0 aliphatic carbocycles. The number of hydrogen-bond donors (Lipinski definition) is 3. The molecular formula is C26H36N4O7S. The molecule has 2 aliphatic heterocycles. The van der Waals surface area contributed by atoms with E-state index < -0.39 is 22.8 Å². The number of unbranched alkanes of at least 4 members (excludes halogenated alkanes) is 1. The maximum atomic E-state index is 12.5. The number of ether oxygens (including phenoxy) is 3. The van der Waals surface area contributed by atoms with Crippen LogP contribution in [0, 0.1) is 0 Å². The van der Waals surface area contributed by atoms with E-state index in [2.05, 4.69) is 20.9 Å². The first-order valence-corrected chi connectivity index (χ1v) is 13.3. The van der Waals surface area contributed by atoms with Crippen LogP contribution in [0.15, 0.2) is 17.0 Å². The van der Waals surface area contributed by atoms with Gasteiger partial charge in [0.15, 0.2) is 11.5 Å². The quantitative estimate of drug-likeness (QED) is 0.297. The van der Waals surface area contributed by atoms with E-state index in [0.29, 0.717) is 60.9 Å². The predicted octanol–water partition coefficient (Wildman–Crippen LogP) is 3.42. The summed E-state index contributed by atoms with van der Waals surface area (Å²) in [5.41, 5.74) is 0.976. The predicted molar refractivity (Wildman–Crippen MR) is 146 cm³/mol. The Balaban J connectivity index is 1.56. The highest BCUT2D eigenvalue weighted by molar-refractivity contribution is 8.18. The molecule has 1 aromatic carbocycles. The van der Waals surface area contributed by atoms with E-state index >= 15 is 0 Å². The number of hydrogen-bond acceptors (Lipinski definition) is 9. The standard InChI is InChI=1S/C26H36N4O7S/c1-26(2,3)37-24(33)27-10-7-6-8-22(31)28-17-9-11-30(15-17)18-14-20(36-5)19(35-4)12-16(18)13-21-23(32)29-25(34)38-21/h12-14,17H,6-11,15H2,1-5H3,(H,27,33)(H,28,31)(H,29,32,34)/t17-/m1/s1. The number of alkyl carbamates (subject to hydrolysis) is 1. The van der Waals surface area contributed by atoms with Crippen LogP contribution in [0.3, 0.4) is 0 Å². The van der Waals surface area contributed by atoms with Crippen LogP contribution in [0.25, 0.3) is 6.08 Å². The molecular weight excluding hydrogens is 512 g/mol. The number of carbonyl (C=O) groups excluding carboxylic acids is 4. The smallest absolute Gasteiger partial charge is 0.407 e. The van der Waals surface area contributed by atoms with E-state index in [1.54, 1.807) is 40.0 Å². The van der Waals surface area contributed by atoms with Crippen molar-refractivity contribution < 1.29 is 33.4 Å². The Bertz CT molecular complexity index is 1100. The molecule has 0 saturated carbocycles. The molecule has 1 atom stereocenters. The second-order valence-electron chi connectivity index (χ2n) is 10.0. The number of imide groups is 1. The molecule has 38 heavy (non-hydrogen) atoms. The zero-order valence-electron chi connectivity index (χ0n) is 22.5. The highest BCUT2D eigenvalue weighted by Crippen LogP contribution is 2.39. The minimum Gasteiger partial charge on any atom is -0.493 e. The summed E-state index contributed by atoms with van der Waals surface area (Å²) in [4.78, 5) is 50.4. The zero-order chi connectivity index (χ0) is 27.9. The molecule has 0 spiro atoms. The molecule has 3 N–H and O–H groups in total. The van der Waals surface area contributed by atoms with Gasteiger partial charge in [0, 0.05) is 49.4 Å². The number of carbonyl (C=O) groups is 4. The van der Waals surface area contributed by atoms with Crippen molar-refractivity contribution >= 4 is 46.7 Å². The molecule has 12 heteroatoms. The summed E-state index contributed by atoms with van der Waals surface area (Å²) >= 11 is 0.851. The highest BCUT2D eigenvalue weighted by atomic mass is 32.2. The second kappa shape index (κ2) is 12.9. The van der Waals surface area contributed by atoms with Gasteiger partial charge in [0.05, 0.1) is 19.1 Å². The van der Waals surface area contributed by atoms with Crippen molar-refractivity contribution in [2.75, 3.05) is 38.8 Å². The molecule has 2 saturated heterocycles. The molecule has 4 amide bonds. The largest absolute Gasteiger partial charge is 0.493 e. The SMILES string of the molecule is COc1cc(C=C2SC(=O)NC2=O)c(N2CC[C@@H](NC(=O)CCCCNC(=O)OC(C)(C)C)C2)cc1OC. The van der Waals surface area contributed by atoms with Crippen molar-refractivity contribution in [2.24, 2.45) is 0 Å². The maximum absolute atomic E-state index is 12.5. The number of rotatable bonds is 10. The Labute approximate surface area is 227 Å². The average molecular weight is 549 g/mol. The molecule has 2 fully saturated rings. The van der Waals surface area contributed by atoms with Crippen molar-refractivity contribution in [2.45, 2.75) is 58.1 Å². The van der Waals surface area contributed by atoms with Crippen molar-refractivity contribution in [3.8, 4) is 11.5 Å². The molecule has 2 aliphatic rings. The Hall–Kier alpha value is -3.41. The van der Waals surface area contributed by atoms with E-state index in [9.17, 15) is 19.2 Å². The summed E-state index contributed by atoms with van der Waals surface area (Å²) in [6, 6.07) is 3.57. The number of nitrogens with zero attached hydrogens (tertiary/aromatic N) is 1. The van der Waals surface area contributed by atoms with Gasteiger partial charge in [-0.3, -0.25) is 19.7 Å². The maximum Gasteiger partial charge on any atom is 0.407 e. The second-order valence-corrected chi connectivity index (χ2v) is 11.0. The molecule has 0 radical (unpaired) electrons. The molecule has 3 rings (SSSR count). The van der Waals surface area contributed by atoms with Crippen LogP contribution in [-0.4, -0.2) is 68.6 Å². The topological polar surface area (TPSA) is 135 Å². The summed E-state index contributed by atoms with van der Waals surface area (Å²) in [6.07, 6.45) is 3.63. The number of benzene rings is 1. The number of methoxy groups -OCH3 is 2. The first-order valence-electron chi connectivity index (χ1n) is 12.5. The van der Waals surface area contributed by atoms with Gasteiger partial charge < -0.3 is 29.7 Å². The molecule has 11 nitrogen and oxygen atoms in total. The van der Waals surface area contributed by atoms with E-state index in [1.165, 1.54) is 7.11 Å². The van der Waals surface area contributed by atoms with Crippen LogP contribution in [0.5, 0.6) is 11.5 Å².